The first kappa shape index (κ1) is 15.4. The van der Waals surface area contributed by atoms with Crippen LogP contribution >= 0.6 is 12.2 Å². The lowest BCUT2D eigenvalue weighted by Crippen LogP contribution is -2.09. The average Bonchev–Trinajstić information content (AvgIpc) is 2.53. The molecule has 0 bridgehead atoms. The number of nitrogens with two attached hydrogens (primary N) is 1. The molecule has 6 heteroatoms. The van der Waals surface area contributed by atoms with Crippen molar-refractivity contribution in [2.24, 2.45) is 5.73 Å². The zero-order valence-electron chi connectivity index (χ0n) is 11.4. The number of nitro benzene ring substituents is 1. The van der Waals surface area contributed by atoms with E-state index in [2.05, 4.69) is 0 Å². The van der Waals surface area contributed by atoms with E-state index in [1.807, 2.05) is 30.3 Å². The van der Waals surface area contributed by atoms with Gasteiger partial charge in [0.15, 0.2) is 0 Å². The Labute approximate surface area is 132 Å². The lowest BCUT2D eigenvalue weighted by molar-refractivity contribution is -0.384. The summed E-state index contributed by atoms with van der Waals surface area (Å²) in [5.74, 6) is 0. The van der Waals surface area contributed by atoms with Crippen molar-refractivity contribution >= 4 is 29.0 Å². The summed E-state index contributed by atoms with van der Waals surface area (Å²) >= 11 is 4.78. The molecule has 0 unspecified atom stereocenters. The van der Waals surface area contributed by atoms with Crippen molar-refractivity contribution in [2.45, 2.75) is 0 Å². The maximum absolute atomic E-state index is 10.6. The highest BCUT2D eigenvalue weighted by molar-refractivity contribution is 7.80. The van der Waals surface area contributed by atoms with Crippen LogP contribution < -0.4 is 5.73 Å². The fourth-order valence-electron chi connectivity index (χ4n) is 1.87. The van der Waals surface area contributed by atoms with E-state index in [4.69, 9.17) is 23.2 Å². The van der Waals surface area contributed by atoms with Crippen LogP contribution in [0, 0.1) is 21.4 Å². The molecular formula is C16H11N3O2S. The molecule has 0 amide bonds. The van der Waals surface area contributed by atoms with E-state index in [1.54, 1.807) is 18.2 Å². The van der Waals surface area contributed by atoms with E-state index < -0.39 is 4.92 Å². The molecule has 0 atom stereocenters. The van der Waals surface area contributed by atoms with E-state index >= 15 is 0 Å². The van der Waals surface area contributed by atoms with E-state index in [0.29, 0.717) is 0 Å². The molecule has 0 aromatic heterocycles. The summed E-state index contributed by atoms with van der Waals surface area (Å²) < 4.78 is 0. The molecule has 0 saturated carbocycles. The van der Waals surface area contributed by atoms with Crippen LogP contribution in [0.15, 0.2) is 54.1 Å². The van der Waals surface area contributed by atoms with Gasteiger partial charge in [0.05, 0.1) is 10.5 Å². The Morgan fingerprint density at radius 3 is 2.05 bits per heavy atom. The van der Waals surface area contributed by atoms with Gasteiger partial charge in [0.1, 0.15) is 11.1 Å². The largest absolute Gasteiger partial charge is 0.389 e. The molecule has 0 fully saturated rings. The second-order valence-electron chi connectivity index (χ2n) is 4.46. The minimum Gasteiger partial charge on any atom is -0.389 e. The Morgan fingerprint density at radius 2 is 1.64 bits per heavy atom. The van der Waals surface area contributed by atoms with Crippen LogP contribution in [0.2, 0.25) is 0 Å². The predicted octanol–water partition coefficient (Wildman–Crippen LogP) is 3.45. The second kappa shape index (κ2) is 6.61. The van der Waals surface area contributed by atoms with Gasteiger partial charge >= 0.3 is 0 Å². The van der Waals surface area contributed by atoms with Crippen LogP contribution in [0.25, 0.3) is 17.2 Å². The highest BCUT2D eigenvalue weighted by Crippen LogP contribution is 2.23. The lowest BCUT2D eigenvalue weighted by Gasteiger charge is -2.03. The summed E-state index contributed by atoms with van der Waals surface area (Å²) in [6, 6.07) is 15.6. The average molecular weight is 309 g/mol. The summed E-state index contributed by atoms with van der Waals surface area (Å²) in [6.45, 7) is 0. The van der Waals surface area contributed by atoms with Crippen LogP contribution in [-0.2, 0) is 0 Å². The van der Waals surface area contributed by atoms with Crippen LogP contribution in [0.4, 0.5) is 5.69 Å². The SMILES string of the molecule is N#CC(=Cc1ccc(-c2ccc([N+](=O)[O-])cc2)cc1)C(N)=S. The zero-order valence-corrected chi connectivity index (χ0v) is 12.2. The molecule has 108 valence electrons. The molecule has 0 saturated heterocycles. The van der Waals surface area contributed by atoms with Gasteiger partial charge in [-0.1, -0.05) is 36.5 Å². The molecule has 0 aliphatic heterocycles. The van der Waals surface area contributed by atoms with Gasteiger partial charge in [-0.2, -0.15) is 5.26 Å². The van der Waals surface area contributed by atoms with Gasteiger partial charge in [-0.05, 0) is 34.9 Å². The van der Waals surface area contributed by atoms with Crippen LogP contribution in [0.1, 0.15) is 5.56 Å². The highest BCUT2D eigenvalue weighted by atomic mass is 32.1. The van der Waals surface area contributed by atoms with E-state index in [0.717, 1.165) is 16.7 Å². The van der Waals surface area contributed by atoms with Gasteiger partial charge in [-0.3, -0.25) is 10.1 Å². The third kappa shape index (κ3) is 3.53. The summed E-state index contributed by atoms with van der Waals surface area (Å²) in [5, 5.41) is 19.6. The number of thiocarbonyl (C=S) groups is 1. The first-order valence-electron chi connectivity index (χ1n) is 6.28. The number of rotatable bonds is 4. The summed E-state index contributed by atoms with van der Waals surface area (Å²) in [5.41, 5.74) is 8.33. The third-order valence-corrected chi connectivity index (χ3v) is 3.24. The highest BCUT2D eigenvalue weighted by Gasteiger charge is 2.05. The van der Waals surface area contributed by atoms with Crippen LogP contribution in [0.5, 0.6) is 0 Å². The number of hydrogen-bond acceptors (Lipinski definition) is 4. The van der Waals surface area contributed by atoms with Gasteiger partial charge in [-0.15, -0.1) is 0 Å². The minimum absolute atomic E-state index is 0.0541. The number of hydrogen-bond donors (Lipinski definition) is 1. The van der Waals surface area contributed by atoms with Crippen LogP contribution in [-0.4, -0.2) is 9.91 Å². The van der Waals surface area contributed by atoms with Gasteiger partial charge in [0, 0.05) is 12.1 Å². The number of non-ortho nitro benzene ring substituents is 1. The third-order valence-electron chi connectivity index (χ3n) is 3.02. The van der Waals surface area contributed by atoms with Crippen molar-refractivity contribution in [3.8, 4) is 17.2 Å². The molecule has 5 nitrogen and oxygen atoms in total. The van der Waals surface area contributed by atoms with Gasteiger partial charge in [-0.25, -0.2) is 0 Å². The number of nitriles is 1. The summed E-state index contributed by atoms with van der Waals surface area (Å²) in [4.78, 5) is 10.3. The first-order chi connectivity index (χ1) is 10.5. The number of benzene rings is 2. The summed E-state index contributed by atoms with van der Waals surface area (Å²) in [6.07, 6.45) is 1.61. The molecule has 2 aromatic rings. The molecule has 0 aliphatic carbocycles. The van der Waals surface area contributed by atoms with Crippen molar-refractivity contribution in [1.29, 1.82) is 5.26 Å². The van der Waals surface area contributed by atoms with E-state index in [-0.39, 0.29) is 16.2 Å². The molecule has 0 heterocycles. The Morgan fingerprint density at radius 1 is 1.14 bits per heavy atom. The molecule has 0 spiro atoms. The molecule has 0 aliphatic rings. The van der Waals surface area contributed by atoms with E-state index in [9.17, 15) is 10.1 Å². The van der Waals surface area contributed by atoms with Crippen molar-refractivity contribution in [3.63, 3.8) is 0 Å². The normalized spacial score (nSPS) is 10.8. The molecule has 2 rings (SSSR count). The molecule has 2 aromatic carbocycles. The quantitative estimate of drug-likeness (QED) is 0.307. The fourth-order valence-corrected chi connectivity index (χ4v) is 1.98. The Balaban J connectivity index is 2.27. The molecule has 22 heavy (non-hydrogen) atoms. The van der Waals surface area contributed by atoms with Gasteiger partial charge in [0.2, 0.25) is 0 Å². The van der Waals surface area contributed by atoms with Crippen LogP contribution in [0.3, 0.4) is 0 Å². The topological polar surface area (TPSA) is 92.9 Å². The molecule has 0 radical (unpaired) electrons. The van der Waals surface area contributed by atoms with E-state index in [1.165, 1.54) is 12.1 Å². The maximum Gasteiger partial charge on any atom is 0.269 e. The predicted molar refractivity (Wildman–Crippen MR) is 88.9 cm³/mol. The minimum atomic E-state index is -0.434. The smallest absolute Gasteiger partial charge is 0.269 e. The molecular weight excluding hydrogens is 298 g/mol. The van der Waals surface area contributed by atoms with Crippen molar-refractivity contribution in [2.75, 3.05) is 0 Å². The van der Waals surface area contributed by atoms with Crippen molar-refractivity contribution < 1.29 is 4.92 Å². The zero-order chi connectivity index (χ0) is 16.1. The van der Waals surface area contributed by atoms with Crippen molar-refractivity contribution in [3.05, 3.63) is 69.8 Å². The Kier molecular flexibility index (Phi) is 4.61. The Bertz CT molecular complexity index is 788. The summed E-state index contributed by atoms with van der Waals surface area (Å²) in [7, 11) is 0. The fraction of sp³-hybridized carbons (Fsp3) is 0. The standard InChI is InChI=1S/C16H11N3O2S/c17-10-14(16(18)22)9-11-1-3-12(4-2-11)13-5-7-15(8-6-13)19(20)21/h1-9H,(H2,18,22). The second-order valence-corrected chi connectivity index (χ2v) is 4.90. The monoisotopic (exact) mass is 309 g/mol. The lowest BCUT2D eigenvalue weighted by atomic mass is 10.0. The number of nitrogens with zero attached hydrogens (tertiary/aromatic N) is 2. The number of nitro groups is 1. The van der Waals surface area contributed by atoms with Gasteiger partial charge in [0.25, 0.3) is 5.69 Å². The Hall–Kier alpha value is -3.04. The maximum atomic E-state index is 10.6. The van der Waals surface area contributed by atoms with Gasteiger partial charge < -0.3 is 5.73 Å². The van der Waals surface area contributed by atoms with Crippen molar-refractivity contribution in [1.82, 2.24) is 0 Å². The first-order valence-corrected chi connectivity index (χ1v) is 6.68. The molecule has 2 N–H and O–H groups in total.